The van der Waals surface area contributed by atoms with E-state index < -0.39 is 64.0 Å². The van der Waals surface area contributed by atoms with E-state index in [4.69, 9.17) is 0 Å². The molecule has 0 saturated carbocycles. The molecule has 1 unspecified atom stereocenters. The molecule has 1 heterocycles. The molecular formula is C20H8F9NO4. The summed E-state index contributed by atoms with van der Waals surface area (Å²) in [5.41, 5.74) is -2.34. The Balaban J connectivity index is 1.75. The van der Waals surface area contributed by atoms with Gasteiger partial charge in [-0.25, -0.2) is 0 Å². The Morgan fingerprint density at radius 3 is 1.82 bits per heavy atom. The summed E-state index contributed by atoms with van der Waals surface area (Å²) < 4.78 is 126. The number of halogens is 9. The molecule has 5 nitrogen and oxygen atoms in total. The standard InChI is InChI=1S/C20H8F9NO4/c21-16(22,19(27)17(23,24)18(25,26)20(28,29)34-19)15(33)30-11-7-3-6-10-12(11)14(32)9-5-2-1-4-8(9)13(10)31/h1-7H,(H,30,33). The van der Waals surface area contributed by atoms with Crippen LogP contribution in [-0.2, 0) is 9.53 Å². The SMILES string of the molecule is O=C1c2ccccc2C(=O)c2c(NC(=O)C(F)(F)C3(F)OC(F)(F)C(F)(F)C3(F)F)cccc21. The fourth-order valence-corrected chi connectivity index (χ4v) is 3.55. The maximum Gasteiger partial charge on any atom is 0.428 e. The van der Waals surface area contributed by atoms with Crippen molar-refractivity contribution in [2.75, 3.05) is 5.32 Å². The molecule has 1 amide bonds. The molecule has 34 heavy (non-hydrogen) atoms. The number of hydrogen-bond acceptors (Lipinski definition) is 4. The van der Waals surface area contributed by atoms with Gasteiger partial charge in [0.15, 0.2) is 11.6 Å². The highest BCUT2D eigenvalue weighted by Gasteiger charge is 2.96. The van der Waals surface area contributed by atoms with Gasteiger partial charge in [0.05, 0.1) is 11.3 Å². The predicted octanol–water partition coefficient (Wildman–Crippen LogP) is 4.60. The van der Waals surface area contributed by atoms with E-state index in [1.165, 1.54) is 29.6 Å². The Labute approximate surface area is 182 Å². The summed E-state index contributed by atoms with van der Waals surface area (Å²) in [7, 11) is 0. The summed E-state index contributed by atoms with van der Waals surface area (Å²) in [6.07, 6.45) is -6.40. The molecule has 14 heteroatoms. The van der Waals surface area contributed by atoms with Gasteiger partial charge in [-0.2, -0.15) is 39.5 Å². The molecule has 2 aromatic carbocycles. The van der Waals surface area contributed by atoms with Crippen LogP contribution in [0.2, 0.25) is 0 Å². The quantitative estimate of drug-likeness (QED) is 0.538. The van der Waals surface area contributed by atoms with Gasteiger partial charge in [-0.3, -0.25) is 19.1 Å². The van der Waals surface area contributed by atoms with E-state index >= 15 is 0 Å². The maximum atomic E-state index is 14.4. The third kappa shape index (κ3) is 2.71. The number of hydrogen-bond donors (Lipinski definition) is 1. The van der Waals surface area contributed by atoms with Crippen LogP contribution in [0.25, 0.3) is 0 Å². The van der Waals surface area contributed by atoms with Crippen LogP contribution in [0.4, 0.5) is 45.2 Å². The van der Waals surface area contributed by atoms with Crippen LogP contribution < -0.4 is 5.32 Å². The lowest BCUT2D eigenvalue weighted by molar-refractivity contribution is -0.366. The van der Waals surface area contributed by atoms with Crippen molar-refractivity contribution in [3.8, 4) is 0 Å². The van der Waals surface area contributed by atoms with Crippen molar-refractivity contribution in [1.82, 2.24) is 0 Å². The van der Waals surface area contributed by atoms with Crippen molar-refractivity contribution in [2.24, 2.45) is 0 Å². The normalized spacial score (nSPS) is 24.4. The van der Waals surface area contributed by atoms with Crippen molar-refractivity contribution in [3.05, 3.63) is 64.7 Å². The molecule has 2 aromatic rings. The topological polar surface area (TPSA) is 72.5 Å². The number of amides is 1. The van der Waals surface area contributed by atoms with Crippen LogP contribution in [0.15, 0.2) is 42.5 Å². The molecule has 2 aliphatic rings. The number of carbonyl (C=O) groups excluding carboxylic acids is 3. The van der Waals surface area contributed by atoms with Gasteiger partial charge in [-0.1, -0.05) is 36.4 Å². The zero-order valence-corrected chi connectivity index (χ0v) is 16.1. The largest absolute Gasteiger partial charge is 0.428 e. The van der Waals surface area contributed by atoms with Crippen molar-refractivity contribution in [2.45, 2.75) is 29.7 Å². The molecule has 1 atom stereocenters. The van der Waals surface area contributed by atoms with Gasteiger partial charge in [0.25, 0.3) is 0 Å². The van der Waals surface area contributed by atoms with Crippen molar-refractivity contribution < 1.29 is 58.6 Å². The zero-order valence-electron chi connectivity index (χ0n) is 16.1. The zero-order chi connectivity index (χ0) is 25.5. The first-order valence-corrected chi connectivity index (χ1v) is 9.04. The molecular weight excluding hydrogens is 489 g/mol. The average molecular weight is 497 g/mol. The molecule has 0 aromatic heterocycles. The van der Waals surface area contributed by atoms with E-state index in [1.54, 1.807) is 0 Å². The van der Waals surface area contributed by atoms with Gasteiger partial charge in [0.2, 0.25) is 0 Å². The Hall–Kier alpha value is -3.42. The number of benzene rings is 2. The average Bonchev–Trinajstić information content (AvgIpc) is 2.86. The van der Waals surface area contributed by atoms with Gasteiger partial charge < -0.3 is 5.32 Å². The second-order valence-electron chi connectivity index (χ2n) is 7.32. The number of anilines is 1. The Morgan fingerprint density at radius 1 is 0.765 bits per heavy atom. The summed E-state index contributed by atoms with van der Waals surface area (Å²) in [6.45, 7) is 0. The molecule has 1 aliphatic heterocycles. The second kappa shape index (κ2) is 6.81. The molecule has 0 spiro atoms. The molecule has 1 aliphatic carbocycles. The number of ketones is 2. The van der Waals surface area contributed by atoms with Crippen LogP contribution >= 0.6 is 0 Å². The summed E-state index contributed by atoms with van der Waals surface area (Å²) >= 11 is 0. The van der Waals surface area contributed by atoms with Gasteiger partial charge in [0, 0.05) is 16.7 Å². The third-order valence-electron chi connectivity index (χ3n) is 5.32. The molecule has 4 rings (SSSR count). The first-order valence-electron chi connectivity index (χ1n) is 9.04. The number of rotatable bonds is 3. The minimum atomic E-state index is -6.86. The van der Waals surface area contributed by atoms with Crippen LogP contribution in [0.3, 0.4) is 0 Å². The number of nitrogens with one attached hydrogen (secondary N) is 1. The van der Waals surface area contributed by atoms with Crippen molar-refractivity contribution in [1.29, 1.82) is 0 Å². The number of alkyl halides is 9. The minimum Gasteiger partial charge on any atom is -0.320 e. The van der Waals surface area contributed by atoms with E-state index in [0.717, 1.165) is 18.2 Å². The highest BCUT2D eigenvalue weighted by atomic mass is 19.4. The summed E-state index contributed by atoms with van der Waals surface area (Å²) in [4.78, 5) is 37.5. The Bertz CT molecular complexity index is 1260. The lowest BCUT2D eigenvalue weighted by Gasteiger charge is -2.32. The minimum absolute atomic E-state index is 0.0834. The fourth-order valence-electron chi connectivity index (χ4n) is 3.55. The smallest absolute Gasteiger partial charge is 0.320 e. The predicted molar refractivity (Wildman–Crippen MR) is 93.1 cm³/mol. The second-order valence-corrected chi connectivity index (χ2v) is 7.32. The van der Waals surface area contributed by atoms with Crippen molar-refractivity contribution in [3.63, 3.8) is 0 Å². The first-order chi connectivity index (χ1) is 15.5. The van der Waals surface area contributed by atoms with Crippen LogP contribution in [-0.4, -0.2) is 47.2 Å². The Kier molecular flexibility index (Phi) is 4.75. The number of carbonyl (C=O) groups is 3. The van der Waals surface area contributed by atoms with E-state index in [2.05, 4.69) is 4.74 Å². The van der Waals surface area contributed by atoms with Crippen LogP contribution in [0, 0.1) is 0 Å². The van der Waals surface area contributed by atoms with Crippen molar-refractivity contribution >= 4 is 23.2 Å². The van der Waals surface area contributed by atoms with Gasteiger partial charge >= 0.3 is 35.6 Å². The molecule has 0 radical (unpaired) electrons. The molecule has 0 bridgehead atoms. The lowest BCUT2D eigenvalue weighted by Crippen LogP contribution is -2.63. The third-order valence-corrected chi connectivity index (χ3v) is 5.32. The summed E-state index contributed by atoms with van der Waals surface area (Å²) in [5, 5.41) is 1.18. The van der Waals surface area contributed by atoms with Crippen LogP contribution in [0.5, 0.6) is 0 Å². The van der Waals surface area contributed by atoms with Gasteiger partial charge in [0.1, 0.15) is 0 Å². The molecule has 1 saturated heterocycles. The van der Waals surface area contributed by atoms with Gasteiger partial charge in [-0.15, -0.1) is 0 Å². The van der Waals surface area contributed by atoms with Crippen LogP contribution in [0.1, 0.15) is 31.8 Å². The Morgan fingerprint density at radius 2 is 1.29 bits per heavy atom. The number of fused-ring (bicyclic) bond motifs is 2. The van der Waals surface area contributed by atoms with E-state index in [-0.39, 0.29) is 11.1 Å². The highest BCUT2D eigenvalue weighted by molar-refractivity contribution is 6.30. The van der Waals surface area contributed by atoms with Gasteiger partial charge in [-0.05, 0) is 6.07 Å². The first kappa shape index (κ1) is 23.7. The number of ether oxygens (including phenoxy) is 1. The molecule has 1 N–H and O–H groups in total. The molecule has 1 fully saturated rings. The van der Waals surface area contributed by atoms with E-state index in [1.807, 2.05) is 0 Å². The highest BCUT2D eigenvalue weighted by Crippen LogP contribution is 2.64. The van der Waals surface area contributed by atoms with E-state index in [0.29, 0.717) is 0 Å². The monoisotopic (exact) mass is 497 g/mol. The fraction of sp³-hybridized carbons (Fsp3) is 0.250. The maximum absolute atomic E-state index is 14.4. The summed E-state index contributed by atoms with van der Waals surface area (Å²) in [5.74, 6) is -31.3. The lowest BCUT2D eigenvalue weighted by atomic mass is 9.83. The van der Waals surface area contributed by atoms with E-state index in [9.17, 15) is 53.9 Å². The summed E-state index contributed by atoms with van der Waals surface area (Å²) in [6, 6.07) is 7.98. The molecule has 180 valence electrons.